The van der Waals surface area contributed by atoms with Crippen LogP contribution in [-0.2, 0) is 19.4 Å². The zero-order chi connectivity index (χ0) is 29.2. The number of rotatable bonds is 2. The molecule has 0 radical (unpaired) electrons. The summed E-state index contributed by atoms with van der Waals surface area (Å²) in [7, 11) is 0. The van der Waals surface area contributed by atoms with Gasteiger partial charge in [-0.2, -0.15) is 0 Å². The maximum atomic E-state index is 2.26. The van der Waals surface area contributed by atoms with Crippen LogP contribution in [0.4, 0.5) is 0 Å². The average molecular weight is 519 g/mol. The molecule has 1 aromatic heterocycles. The second-order valence-electron chi connectivity index (χ2n) is 7.52. The van der Waals surface area contributed by atoms with Crippen molar-refractivity contribution >= 4 is 0 Å². The summed E-state index contributed by atoms with van der Waals surface area (Å²) in [4.78, 5) is 0. The number of aromatic nitrogens is 1. The second kappa shape index (κ2) is 44.1. The lowest BCUT2D eigenvalue weighted by Crippen LogP contribution is -2.30. The van der Waals surface area contributed by atoms with E-state index in [1.165, 1.54) is 49.7 Å². The molecule has 0 bridgehead atoms. The van der Waals surface area contributed by atoms with Crippen molar-refractivity contribution in [2.45, 2.75) is 156 Å². The van der Waals surface area contributed by atoms with Gasteiger partial charge in [0.2, 0.25) is 0 Å². The molecule has 3 rings (SSSR count). The minimum absolute atomic E-state index is 0. The molecule has 37 heavy (non-hydrogen) atoms. The van der Waals surface area contributed by atoms with Crippen molar-refractivity contribution in [3.63, 3.8) is 0 Å². The van der Waals surface area contributed by atoms with Gasteiger partial charge in [0.25, 0.3) is 0 Å². The van der Waals surface area contributed by atoms with Gasteiger partial charge in [-0.25, -0.2) is 4.57 Å². The van der Waals surface area contributed by atoms with E-state index in [9.17, 15) is 0 Å². The number of fused-ring (bicyclic) bond motifs is 1. The molecule has 0 atom stereocenters. The predicted molar refractivity (Wildman–Crippen MR) is 178 cm³/mol. The van der Waals surface area contributed by atoms with E-state index in [0.717, 1.165) is 6.54 Å². The van der Waals surface area contributed by atoms with Gasteiger partial charge in [-0.3, -0.25) is 0 Å². The Hall–Kier alpha value is -1.89. The Morgan fingerprint density at radius 2 is 0.973 bits per heavy atom. The molecule has 0 unspecified atom stereocenters. The topological polar surface area (TPSA) is 3.88 Å². The lowest BCUT2D eigenvalue weighted by Gasteiger charge is -2.13. The van der Waals surface area contributed by atoms with Crippen LogP contribution < -0.4 is 4.57 Å². The molecule has 2 aromatic rings. The highest BCUT2D eigenvalue weighted by Gasteiger charge is 2.06. The lowest BCUT2D eigenvalue weighted by atomic mass is 9.92. The second-order valence-corrected chi connectivity index (χ2v) is 7.52. The fourth-order valence-electron chi connectivity index (χ4n) is 2.67. The zero-order valence-corrected chi connectivity index (χ0v) is 27.6. The van der Waals surface area contributed by atoms with E-state index >= 15 is 0 Å². The first-order valence-electron chi connectivity index (χ1n) is 15.1. The molecule has 1 heterocycles. The number of benzene rings is 1. The van der Waals surface area contributed by atoms with Crippen LogP contribution in [-0.4, -0.2) is 0 Å². The van der Waals surface area contributed by atoms with E-state index in [2.05, 4.69) is 89.7 Å². The molecule has 220 valence electrons. The molecular weight excluding hydrogens is 446 g/mol. The van der Waals surface area contributed by atoms with Crippen LogP contribution in [0.3, 0.4) is 0 Å². The van der Waals surface area contributed by atoms with Crippen molar-refractivity contribution < 1.29 is 4.57 Å². The summed E-state index contributed by atoms with van der Waals surface area (Å²) in [5.41, 5.74) is 6.13. The van der Waals surface area contributed by atoms with Gasteiger partial charge in [-0.15, -0.1) is 0 Å². The number of pyridine rings is 1. The summed E-state index contributed by atoms with van der Waals surface area (Å²) >= 11 is 0. The monoisotopic (exact) mass is 519 g/mol. The highest BCUT2D eigenvalue weighted by molar-refractivity contribution is 5.28. The highest BCUT2D eigenvalue weighted by Crippen LogP contribution is 2.19. The molecular formula is C36H72N+. The Bertz CT molecular complexity index is 612. The first kappa shape index (κ1) is 48.2. The summed E-state index contributed by atoms with van der Waals surface area (Å²) in [6.45, 7) is 32.1. The maximum absolute atomic E-state index is 2.26. The molecule has 1 heteroatoms. The van der Waals surface area contributed by atoms with Gasteiger partial charge < -0.3 is 0 Å². The minimum atomic E-state index is 0. The summed E-state index contributed by atoms with van der Waals surface area (Å²) in [5, 5.41) is 0. The van der Waals surface area contributed by atoms with Crippen molar-refractivity contribution in [2.24, 2.45) is 0 Å². The van der Waals surface area contributed by atoms with Gasteiger partial charge in [-0.05, 0) is 70.9 Å². The fourth-order valence-corrected chi connectivity index (χ4v) is 2.67. The van der Waals surface area contributed by atoms with Crippen LogP contribution in [0.5, 0.6) is 0 Å². The molecule has 0 saturated carbocycles. The van der Waals surface area contributed by atoms with Gasteiger partial charge in [0, 0.05) is 12.1 Å². The molecule has 1 aliphatic carbocycles. The van der Waals surface area contributed by atoms with Crippen LogP contribution in [0.1, 0.15) is 148 Å². The molecule has 0 spiro atoms. The summed E-state index contributed by atoms with van der Waals surface area (Å²) in [5.74, 6) is 0. The van der Waals surface area contributed by atoms with Crippen LogP contribution >= 0.6 is 0 Å². The number of nitrogens with zero attached hydrogens (tertiary/aromatic N) is 1. The standard InChI is InChI=1S/C10H12.C7H10N.C7H14.C3H8.4C2H6.CH4/c1-2-6-10-8-4-3-7-9(10)5-1;1-2-8-6-4-3-5-7-8;1-5-7(4)6(2)3;1-3-2;4*1-2;/h1-2,5-6H,3-4,7-8H2;3-7H,2H2,1H3;5H2,1-4H3;3H2,1-2H3;4*1-2H3;1H4/q;+1;;;;;;;. The minimum Gasteiger partial charge on any atom is -0.205 e. The van der Waals surface area contributed by atoms with E-state index in [-0.39, 0.29) is 7.43 Å². The van der Waals surface area contributed by atoms with E-state index in [1.54, 1.807) is 11.1 Å². The third kappa shape index (κ3) is 34.1. The Morgan fingerprint density at radius 3 is 1.19 bits per heavy atom. The van der Waals surface area contributed by atoms with Gasteiger partial charge >= 0.3 is 0 Å². The highest BCUT2D eigenvalue weighted by atomic mass is 14.9. The van der Waals surface area contributed by atoms with Crippen LogP contribution in [0.15, 0.2) is 66.0 Å². The molecule has 0 N–H and O–H groups in total. The van der Waals surface area contributed by atoms with Crippen molar-refractivity contribution in [2.75, 3.05) is 0 Å². The third-order valence-electron chi connectivity index (χ3n) is 4.79. The number of hydrogen-bond donors (Lipinski definition) is 0. The number of allylic oxidation sites excluding steroid dienone is 2. The number of aryl methyl sites for hydroxylation is 3. The zero-order valence-electron chi connectivity index (χ0n) is 27.6. The lowest BCUT2D eigenvalue weighted by molar-refractivity contribution is -0.693. The molecule has 0 saturated heterocycles. The molecule has 0 fully saturated rings. The van der Waals surface area contributed by atoms with E-state index in [0.29, 0.717) is 0 Å². The first-order valence-corrected chi connectivity index (χ1v) is 15.1. The van der Waals surface area contributed by atoms with Gasteiger partial charge in [0.15, 0.2) is 12.4 Å². The fraction of sp³-hybridized carbons (Fsp3) is 0.639. The molecule has 1 aromatic carbocycles. The Morgan fingerprint density at radius 1 is 0.622 bits per heavy atom. The largest absolute Gasteiger partial charge is 0.205 e. The van der Waals surface area contributed by atoms with Crippen molar-refractivity contribution in [3.05, 3.63) is 77.1 Å². The Labute approximate surface area is 237 Å². The normalized spacial score (nSPS) is 9.16. The maximum Gasteiger partial charge on any atom is 0.168 e. The predicted octanol–water partition coefficient (Wildman–Crippen LogP) is 12.5. The third-order valence-corrected chi connectivity index (χ3v) is 4.79. The Kier molecular flexibility index (Phi) is 57.5. The Balaban J connectivity index is -0.0000000819. The summed E-state index contributed by atoms with van der Waals surface area (Å²) < 4.78 is 2.12. The van der Waals surface area contributed by atoms with E-state index in [1.807, 2.05) is 73.6 Å². The van der Waals surface area contributed by atoms with Crippen LogP contribution in [0.25, 0.3) is 0 Å². The molecule has 0 amide bonds. The molecule has 1 aliphatic rings. The van der Waals surface area contributed by atoms with Crippen molar-refractivity contribution in [3.8, 4) is 0 Å². The smallest absolute Gasteiger partial charge is 0.168 e. The molecule has 0 aliphatic heterocycles. The van der Waals surface area contributed by atoms with Gasteiger partial charge in [0.05, 0.1) is 0 Å². The summed E-state index contributed by atoms with van der Waals surface area (Å²) in [6, 6.07) is 14.9. The summed E-state index contributed by atoms with van der Waals surface area (Å²) in [6.07, 6.45) is 11.9. The van der Waals surface area contributed by atoms with Crippen molar-refractivity contribution in [1.82, 2.24) is 0 Å². The van der Waals surface area contributed by atoms with E-state index < -0.39 is 0 Å². The van der Waals surface area contributed by atoms with Crippen LogP contribution in [0, 0.1) is 0 Å². The quantitative estimate of drug-likeness (QED) is 0.275. The van der Waals surface area contributed by atoms with Gasteiger partial charge in [0.1, 0.15) is 6.54 Å². The average Bonchev–Trinajstić information content (AvgIpc) is 2.98. The van der Waals surface area contributed by atoms with Crippen molar-refractivity contribution in [1.29, 1.82) is 0 Å². The molecule has 1 nitrogen and oxygen atoms in total. The van der Waals surface area contributed by atoms with E-state index in [4.69, 9.17) is 0 Å². The van der Waals surface area contributed by atoms with Gasteiger partial charge in [-0.1, -0.05) is 131 Å². The van der Waals surface area contributed by atoms with Crippen LogP contribution in [0.2, 0.25) is 0 Å². The SMILES string of the molecule is C.CC.CC.CC.CC.CCC.CCC(C)=C(C)C.CC[n+]1ccccc1.c1ccc2c(c1)CCCC2. The first-order chi connectivity index (χ1) is 17.5. The number of hydrogen-bond acceptors (Lipinski definition) is 0.